The van der Waals surface area contributed by atoms with Crippen LogP contribution in [-0.4, -0.2) is 4.92 Å². The van der Waals surface area contributed by atoms with Crippen LogP contribution in [0.2, 0.25) is 0 Å². The molecule has 3 aliphatic rings. The van der Waals surface area contributed by atoms with Crippen molar-refractivity contribution in [3.63, 3.8) is 0 Å². The summed E-state index contributed by atoms with van der Waals surface area (Å²) in [6.07, 6.45) is 6.39. The normalized spacial score (nSPS) is 26.5. The Kier molecular flexibility index (Phi) is 4.48. The maximum atomic E-state index is 12.1. The highest BCUT2D eigenvalue weighted by Crippen LogP contribution is 2.62. The monoisotopic (exact) mass is 459 g/mol. The standard InChI is InChI=1S/C32H29NO2/c1-20-16-21-14-15-32(24(17-20)18-21)28-9-5-4-8-26(28)27-12-10-23(19-29(27)32)31-25-7-3-2-6-22(25)11-13-30(31)33(34)35/h2-13,19-21,24H,14-18H2,1H3. The molecule has 0 aromatic heterocycles. The lowest BCUT2D eigenvalue weighted by molar-refractivity contribution is -0.384. The molecule has 4 atom stereocenters. The topological polar surface area (TPSA) is 43.1 Å². The third-order valence-electron chi connectivity index (χ3n) is 9.27. The van der Waals surface area contributed by atoms with Gasteiger partial charge in [0, 0.05) is 11.5 Å². The van der Waals surface area contributed by atoms with E-state index in [0.29, 0.717) is 5.92 Å². The molecule has 3 aliphatic carbocycles. The predicted molar refractivity (Wildman–Crippen MR) is 141 cm³/mol. The minimum absolute atomic E-state index is 0.0203. The molecule has 2 bridgehead atoms. The molecular formula is C32H29NO2. The lowest BCUT2D eigenvalue weighted by Crippen LogP contribution is -2.44. The van der Waals surface area contributed by atoms with Gasteiger partial charge in [-0.05, 0) is 101 Å². The number of nitro groups is 1. The zero-order valence-electron chi connectivity index (χ0n) is 20.0. The smallest absolute Gasteiger partial charge is 0.258 e. The van der Waals surface area contributed by atoms with Gasteiger partial charge in [-0.15, -0.1) is 0 Å². The first kappa shape index (κ1) is 20.9. The Morgan fingerprint density at radius 1 is 0.857 bits per heavy atom. The van der Waals surface area contributed by atoms with Crippen LogP contribution in [0.4, 0.5) is 5.69 Å². The first-order valence-corrected chi connectivity index (χ1v) is 13.0. The average Bonchev–Trinajstić information content (AvgIpc) is 3.15. The molecule has 4 aromatic carbocycles. The number of hydrogen-bond acceptors (Lipinski definition) is 2. The number of benzene rings is 4. The molecule has 0 amide bonds. The Labute approximate surface area is 206 Å². The summed E-state index contributed by atoms with van der Waals surface area (Å²) >= 11 is 0. The largest absolute Gasteiger partial charge is 0.277 e. The summed E-state index contributed by atoms with van der Waals surface area (Å²) in [7, 11) is 0. The number of nitro benzene ring substituents is 1. The molecule has 2 fully saturated rings. The van der Waals surface area contributed by atoms with Gasteiger partial charge in [0.15, 0.2) is 0 Å². The quantitative estimate of drug-likeness (QED) is 0.223. The van der Waals surface area contributed by atoms with Gasteiger partial charge in [0.2, 0.25) is 0 Å². The zero-order valence-corrected chi connectivity index (χ0v) is 20.0. The highest BCUT2D eigenvalue weighted by molar-refractivity contribution is 6.02. The average molecular weight is 460 g/mol. The maximum absolute atomic E-state index is 12.1. The Morgan fingerprint density at radius 3 is 2.54 bits per heavy atom. The lowest BCUT2D eigenvalue weighted by atomic mass is 9.53. The summed E-state index contributed by atoms with van der Waals surface area (Å²) in [5, 5.41) is 14.1. The minimum Gasteiger partial charge on any atom is -0.258 e. The molecule has 1 spiro atoms. The van der Waals surface area contributed by atoms with Crippen LogP contribution in [0.5, 0.6) is 0 Å². The molecule has 0 saturated heterocycles. The van der Waals surface area contributed by atoms with Crippen molar-refractivity contribution in [1.29, 1.82) is 0 Å². The first-order chi connectivity index (χ1) is 17.1. The van der Waals surface area contributed by atoms with Gasteiger partial charge in [-0.3, -0.25) is 10.1 Å². The molecular weight excluding hydrogens is 430 g/mol. The summed E-state index contributed by atoms with van der Waals surface area (Å²) in [6, 6.07) is 27.2. The van der Waals surface area contributed by atoms with E-state index in [2.05, 4.69) is 49.4 Å². The third kappa shape index (κ3) is 2.90. The fourth-order valence-electron chi connectivity index (χ4n) is 8.00. The third-order valence-corrected chi connectivity index (χ3v) is 9.27. The number of rotatable bonds is 2. The van der Waals surface area contributed by atoms with E-state index in [9.17, 15) is 10.1 Å². The van der Waals surface area contributed by atoms with Crippen LogP contribution in [0, 0.1) is 27.9 Å². The van der Waals surface area contributed by atoms with Crippen molar-refractivity contribution in [2.75, 3.05) is 0 Å². The van der Waals surface area contributed by atoms with Crippen LogP contribution in [0.25, 0.3) is 33.0 Å². The highest BCUT2D eigenvalue weighted by Gasteiger charge is 2.53. The fourth-order valence-corrected chi connectivity index (χ4v) is 8.00. The van der Waals surface area contributed by atoms with E-state index in [0.717, 1.165) is 33.7 Å². The van der Waals surface area contributed by atoms with Gasteiger partial charge in [-0.2, -0.15) is 0 Å². The van der Waals surface area contributed by atoms with Crippen molar-refractivity contribution in [2.24, 2.45) is 17.8 Å². The molecule has 4 aromatic rings. The Hall–Kier alpha value is -3.46. The Morgan fingerprint density at radius 2 is 1.66 bits per heavy atom. The fraction of sp³-hybridized carbons (Fsp3) is 0.312. The molecule has 174 valence electrons. The van der Waals surface area contributed by atoms with Crippen LogP contribution in [0.1, 0.15) is 50.2 Å². The van der Waals surface area contributed by atoms with E-state index >= 15 is 0 Å². The van der Waals surface area contributed by atoms with E-state index in [1.807, 2.05) is 30.3 Å². The number of nitrogens with zero attached hydrogens (tertiary/aromatic N) is 1. The molecule has 2 saturated carbocycles. The molecule has 0 N–H and O–H groups in total. The van der Waals surface area contributed by atoms with Crippen LogP contribution in [0.3, 0.4) is 0 Å². The van der Waals surface area contributed by atoms with Gasteiger partial charge < -0.3 is 0 Å². The Bertz CT molecular complexity index is 1500. The first-order valence-electron chi connectivity index (χ1n) is 13.0. The summed E-state index contributed by atoms with van der Waals surface area (Å²) in [4.78, 5) is 11.9. The van der Waals surface area contributed by atoms with Crippen molar-refractivity contribution in [3.05, 3.63) is 100 Å². The van der Waals surface area contributed by atoms with Gasteiger partial charge in [0.25, 0.3) is 5.69 Å². The zero-order chi connectivity index (χ0) is 23.7. The van der Waals surface area contributed by atoms with E-state index in [-0.39, 0.29) is 16.0 Å². The summed E-state index contributed by atoms with van der Waals surface area (Å²) < 4.78 is 0. The van der Waals surface area contributed by atoms with Crippen molar-refractivity contribution in [2.45, 2.75) is 44.4 Å². The molecule has 7 rings (SSSR count). The summed E-state index contributed by atoms with van der Waals surface area (Å²) in [5.74, 6) is 2.23. The van der Waals surface area contributed by atoms with E-state index in [4.69, 9.17) is 0 Å². The van der Waals surface area contributed by atoms with Crippen LogP contribution in [-0.2, 0) is 5.41 Å². The van der Waals surface area contributed by atoms with E-state index in [1.165, 1.54) is 54.4 Å². The molecule has 35 heavy (non-hydrogen) atoms. The Balaban J connectivity index is 1.50. The van der Waals surface area contributed by atoms with Crippen LogP contribution in [0.15, 0.2) is 78.9 Å². The molecule has 3 nitrogen and oxygen atoms in total. The predicted octanol–water partition coefficient (Wildman–Crippen LogP) is 8.53. The second-order valence-corrected chi connectivity index (χ2v) is 11.1. The van der Waals surface area contributed by atoms with Gasteiger partial charge in [-0.1, -0.05) is 67.6 Å². The minimum atomic E-state index is -0.229. The van der Waals surface area contributed by atoms with Gasteiger partial charge in [-0.25, -0.2) is 0 Å². The second kappa shape index (κ2) is 7.52. The van der Waals surface area contributed by atoms with E-state index in [1.54, 1.807) is 6.07 Å². The van der Waals surface area contributed by atoms with Crippen molar-refractivity contribution < 1.29 is 4.92 Å². The molecule has 0 radical (unpaired) electrons. The number of fused-ring (bicyclic) bond motifs is 9. The molecule has 3 heteroatoms. The number of hydrogen-bond donors (Lipinski definition) is 0. The van der Waals surface area contributed by atoms with Crippen molar-refractivity contribution in [3.8, 4) is 22.3 Å². The molecule has 0 heterocycles. The summed E-state index contributed by atoms with van der Waals surface area (Å²) in [5.41, 5.74) is 7.48. The van der Waals surface area contributed by atoms with Gasteiger partial charge in [0.1, 0.15) is 0 Å². The van der Waals surface area contributed by atoms with Gasteiger partial charge in [0.05, 0.1) is 10.5 Å². The van der Waals surface area contributed by atoms with Crippen LogP contribution >= 0.6 is 0 Å². The lowest BCUT2D eigenvalue weighted by Gasteiger charge is -2.50. The van der Waals surface area contributed by atoms with Gasteiger partial charge >= 0.3 is 0 Å². The molecule has 0 aliphatic heterocycles. The van der Waals surface area contributed by atoms with Crippen LogP contribution < -0.4 is 0 Å². The van der Waals surface area contributed by atoms with Crippen molar-refractivity contribution >= 4 is 16.5 Å². The second-order valence-electron chi connectivity index (χ2n) is 11.1. The van der Waals surface area contributed by atoms with Crippen molar-refractivity contribution in [1.82, 2.24) is 0 Å². The SMILES string of the molecule is CC1CC2CCC3(c4ccccc4-c4ccc(-c5c([N+](=O)[O-])ccc6ccccc56)cc43)C(C1)C2. The molecule has 4 unspecified atom stereocenters. The summed E-state index contributed by atoms with van der Waals surface area (Å²) in [6.45, 7) is 2.43. The highest BCUT2D eigenvalue weighted by atomic mass is 16.6. The maximum Gasteiger partial charge on any atom is 0.277 e. The van der Waals surface area contributed by atoms with E-state index < -0.39 is 0 Å².